The lowest BCUT2D eigenvalue weighted by molar-refractivity contribution is 0.101. The van der Waals surface area contributed by atoms with Gasteiger partial charge in [0.25, 0.3) is 0 Å². The predicted molar refractivity (Wildman–Crippen MR) is 99.3 cm³/mol. The van der Waals surface area contributed by atoms with E-state index in [0.717, 1.165) is 44.2 Å². The molecule has 0 saturated carbocycles. The average molecular weight is 384 g/mol. The Kier molecular flexibility index (Phi) is 4.75. The minimum absolute atomic E-state index is 0.241. The lowest BCUT2D eigenvalue weighted by Gasteiger charge is -2.37. The summed E-state index contributed by atoms with van der Waals surface area (Å²) in [5.74, 6) is 0.718. The molecule has 2 aliphatic rings. The van der Waals surface area contributed by atoms with Crippen LogP contribution in [0.3, 0.4) is 0 Å². The molecule has 4 rings (SSSR count). The van der Waals surface area contributed by atoms with Gasteiger partial charge in [0.15, 0.2) is 9.84 Å². The largest absolute Gasteiger partial charge is 0.297 e. The van der Waals surface area contributed by atoms with Crippen LogP contribution in [0, 0.1) is 0 Å². The zero-order valence-corrected chi connectivity index (χ0v) is 15.9. The molecule has 2 fully saturated rings. The maximum Gasteiger partial charge on any atom is 0.151 e. The van der Waals surface area contributed by atoms with E-state index in [4.69, 9.17) is 0 Å². The van der Waals surface area contributed by atoms with Gasteiger partial charge in [0.05, 0.1) is 11.5 Å². The van der Waals surface area contributed by atoms with E-state index in [2.05, 4.69) is 31.6 Å². The topological polar surface area (TPSA) is 53.5 Å². The Hall–Kier alpha value is -0.800. The van der Waals surface area contributed by atoms with E-state index >= 15 is 0 Å². The molecule has 4 heterocycles. The standard InChI is InChI=1S/C16H21N3O2S3/c20-24(21)8-2-14(12-24)19-5-3-18(4-6-19)10-15-9-17-16(23-15)13-1-7-22-11-13/h1,7,9,11,14H,2-6,8,10,12H2. The Morgan fingerprint density at radius 3 is 2.75 bits per heavy atom. The Labute approximate surface area is 150 Å². The lowest BCUT2D eigenvalue weighted by Crippen LogP contribution is -2.50. The minimum atomic E-state index is -2.79. The molecule has 2 aliphatic heterocycles. The van der Waals surface area contributed by atoms with Crippen LogP contribution in [0.15, 0.2) is 23.0 Å². The summed E-state index contributed by atoms with van der Waals surface area (Å²) in [6.45, 7) is 4.88. The molecule has 24 heavy (non-hydrogen) atoms. The third-order valence-electron chi connectivity index (χ3n) is 4.83. The van der Waals surface area contributed by atoms with Crippen molar-refractivity contribution in [2.45, 2.75) is 19.0 Å². The van der Waals surface area contributed by atoms with Crippen LogP contribution in [-0.4, -0.2) is 66.9 Å². The number of aromatic nitrogens is 1. The molecular weight excluding hydrogens is 362 g/mol. The van der Waals surface area contributed by atoms with Gasteiger partial charge in [0, 0.05) is 60.8 Å². The Morgan fingerprint density at radius 1 is 1.25 bits per heavy atom. The van der Waals surface area contributed by atoms with Gasteiger partial charge in [0.2, 0.25) is 0 Å². The normalized spacial score (nSPS) is 25.2. The van der Waals surface area contributed by atoms with Crippen LogP contribution in [0.2, 0.25) is 0 Å². The highest BCUT2D eigenvalue weighted by Gasteiger charge is 2.33. The summed E-state index contributed by atoms with van der Waals surface area (Å²) in [5, 5.41) is 5.32. The zero-order valence-electron chi connectivity index (χ0n) is 13.4. The van der Waals surface area contributed by atoms with Crippen molar-refractivity contribution in [1.29, 1.82) is 0 Å². The smallest absolute Gasteiger partial charge is 0.151 e. The van der Waals surface area contributed by atoms with Gasteiger partial charge in [-0.05, 0) is 17.9 Å². The third kappa shape index (κ3) is 3.72. The highest BCUT2D eigenvalue weighted by molar-refractivity contribution is 7.91. The van der Waals surface area contributed by atoms with Crippen molar-refractivity contribution in [3.8, 4) is 10.6 Å². The van der Waals surface area contributed by atoms with Gasteiger partial charge in [-0.15, -0.1) is 11.3 Å². The molecule has 0 aliphatic carbocycles. The Balaban J connectivity index is 1.31. The van der Waals surface area contributed by atoms with Gasteiger partial charge < -0.3 is 0 Å². The maximum absolute atomic E-state index is 11.6. The lowest BCUT2D eigenvalue weighted by atomic mass is 10.2. The van der Waals surface area contributed by atoms with Gasteiger partial charge >= 0.3 is 0 Å². The second-order valence-corrected chi connectivity index (χ2v) is 10.6. The highest BCUT2D eigenvalue weighted by atomic mass is 32.2. The fourth-order valence-electron chi connectivity index (χ4n) is 3.47. The summed E-state index contributed by atoms with van der Waals surface area (Å²) in [6.07, 6.45) is 2.80. The molecule has 0 radical (unpaired) electrons. The van der Waals surface area contributed by atoms with Gasteiger partial charge in [-0.3, -0.25) is 9.80 Å². The molecule has 0 N–H and O–H groups in total. The summed E-state index contributed by atoms with van der Waals surface area (Å²) < 4.78 is 23.3. The first-order valence-corrected chi connectivity index (χ1v) is 11.8. The Morgan fingerprint density at radius 2 is 2.08 bits per heavy atom. The van der Waals surface area contributed by atoms with Crippen molar-refractivity contribution in [3.05, 3.63) is 27.9 Å². The van der Waals surface area contributed by atoms with Gasteiger partial charge in [-0.2, -0.15) is 11.3 Å². The second kappa shape index (κ2) is 6.84. The number of thiophene rings is 1. The van der Waals surface area contributed by atoms with Crippen molar-refractivity contribution in [2.24, 2.45) is 0 Å². The van der Waals surface area contributed by atoms with E-state index in [0.29, 0.717) is 11.5 Å². The number of thiazole rings is 1. The van der Waals surface area contributed by atoms with Crippen molar-refractivity contribution in [2.75, 3.05) is 37.7 Å². The van der Waals surface area contributed by atoms with Crippen molar-refractivity contribution in [3.63, 3.8) is 0 Å². The minimum Gasteiger partial charge on any atom is -0.297 e. The van der Waals surface area contributed by atoms with E-state index < -0.39 is 9.84 Å². The predicted octanol–water partition coefficient (Wildman–Crippen LogP) is 2.18. The first-order valence-electron chi connectivity index (χ1n) is 8.23. The first-order chi connectivity index (χ1) is 11.6. The molecule has 8 heteroatoms. The summed E-state index contributed by atoms with van der Waals surface area (Å²) in [4.78, 5) is 10.7. The summed E-state index contributed by atoms with van der Waals surface area (Å²) in [7, 11) is -2.79. The van der Waals surface area contributed by atoms with Crippen LogP contribution in [-0.2, 0) is 16.4 Å². The van der Waals surface area contributed by atoms with E-state index in [1.807, 2.05) is 6.20 Å². The number of piperazine rings is 1. The molecule has 130 valence electrons. The molecule has 0 aromatic carbocycles. The molecule has 2 aromatic rings. The molecule has 0 spiro atoms. The third-order valence-corrected chi connectivity index (χ3v) is 8.30. The van der Waals surface area contributed by atoms with Crippen molar-refractivity contribution in [1.82, 2.24) is 14.8 Å². The quantitative estimate of drug-likeness (QED) is 0.810. The SMILES string of the molecule is O=S1(=O)CCC(N2CCN(Cc3cnc(-c4ccsc4)s3)CC2)C1. The van der Waals surface area contributed by atoms with E-state index in [9.17, 15) is 8.42 Å². The van der Waals surface area contributed by atoms with Gasteiger partial charge in [-0.1, -0.05) is 0 Å². The molecule has 0 bridgehead atoms. The zero-order chi connectivity index (χ0) is 16.6. The van der Waals surface area contributed by atoms with Crippen LogP contribution in [0.5, 0.6) is 0 Å². The average Bonchev–Trinajstić information content (AvgIpc) is 3.28. The summed E-state index contributed by atoms with van der Waals surface area (Å²) >= 11 is 3.47. The van der Waals surface area contributed by atoms with Crippen molar-refractivity contribution >= 4 is 32.5 Å². The number of hydrogen-bond donors (Lipinski definition) is 0. The molecule has 1 atom stereocenters. The molecule has 5 nitrogen and oxygen atoms in total. The fraction of sp³-hybridized carbons (Fsp3) is 0.562. The molecule has 1 unspecified atom stereocenters. The summed E-state index contributed by atoms with van der Waals surface area (Å²) in [6, 6.07) is 2.35. The van der Waals surface area contributed by atoms with Crippen LogP contribution < -0.4 is 0 Å². The van der Waals surface area contributed by atoms with E-state index in [1.54, 1.807) is 22.7 Å². The Bertz CT molecular complexity index is 777. The first kappa shape index (κ1) is 16.7. The van der Waals surface area contributed by atoms with E-state index in [1.165, 1.54) is 10.4 Å². The monoisotopic (exact) mass is 383 g/mol. The maximum atomic E-state index is 11.6. The number of sulfone groups is 1. The van der Waals surface area contributed by atoms with Crippen LogP contribution in [0.4, 0.5) is 0 Å². The van der Waals surface area contributed by atoms with Gasteiger partial charge in [-0.25, -0.2) is 13.4 Å². The van der Waals surface area contributed by atoms with Crippen LogP contribution >= 0.6 is 22.7 Å². The van der Waals surface area contributed by atoms with E-state index in [-0.39, 0.29) is 6.04 Å². The van der Waals surface area contributed by atoms with Gasteiger partial charge in [0.1, 0.15) is 5.01 Å². The number of rotatable bonds is 4. The fourth-order valence-corrected chi connectivity index (χ4v) is 6.90. The second-order valence-electron chi connectivity index (χ2n) is 6.51. The van der Waals surface area contributed by atoms with Crippen molar-refractivity contribution < 1.29 is 8.42 Å². The molecular formula is C16H21N3O2S3. The number of nitrogens with zero attached hydrogens (tertiary/aromatic N) is 3. The summed E-state index contributed by atoms with van der Waals surface area (Å²) in [5.41, 5.74) is 1.21. The van der Waals surface area contributed by atoms with Crippen LogP contribution in [0.25, 0.3) is 10.6 Å². The van der Waals surface area contributed by atoms with Crippen LogP contribution in [0.1, 0.15) is 11.3 Å². The molecule has 2 aromatic heterocycles. The highest BCUT2D eigenvalue weighted by Crippen LogP contribution is 2.28. The molecule has 0 amide bonds. The number of hydrogen-bond acceptors (Lipinski definition) is 7. The molecule has 2 saturated heterocycles.